The predicted octanol–water partition coefficient (Wildman–Crippen LogP) is 2.54. The van der Waals surface area contributed by atoms with Crippen molar-refractivity contribution in [1.29, 1.82) is 0 Å². The first-order valence-electron chi connectivity index (χ1n) is 8.00. The number of benzene rings is 1. The Bertz CT molecular complexity index is 797. The maximum Gasteiger partial charge on any atom is 0.162 e. The normalized spacial score (nSPS) is 17.9. The van der Waals surface area contributed by atoms with Crippen LogP contribution in [0.1, 0.15) is 5.69 Å². The van der Waals surface area contributed by atoms with E-state index < -0.39 is 0 Å². The van der Waals surface area contributed by atoms with Gasteiger partial charge in [-0.05, 0) is 25.2 Å². The summed E-state index contributed by atoms with van der Waals surface area (Å²) in [6.07, 6.45) is 3.44. The van der Waals surface area contributed by atoms with Crippen LogP contribution in [0.15, 0.2) is 35.6 Å². The quantitative estimate of drug-likeness (QED) is 0.736. The third-order valence-electron chi connectivity index (χ3n) is 4.54. The molecule has 0 N–H and O–H groups in total. The standard InChI is InChI=1S/C17H19ClN6/c1-22-7-9-24(10-8-22)17-15-16(20-6-5-19-15)23(2)14-4-3-12(18)11-13(14)21-17/h3-6,11H,7-10H2,1-2H3. The van der Waals surface area contributed by atoms with Crippen LogP contribution in [0.2, 0.25) is 5.02 Å². The number of amidine groups is 1. The molecule has 1 aromatic heterocycles. The summed E-state index contributed by atoms with van der Waals surface area (Å²) in [5, 5.41) is 0.676. The highest BCUT2D eigenvalue weighted by molar-refractivity contribution is 6.31. The molecule has 0 atom stereocenters. The van der Waals surface area contributed by atoms with E-state index in [-0.39, 0.29) is 0 Å². The van der Waals surface area contributed by atoms with Crippen molar-refractivity contribution in [3.8, 4) is 0 Å². The number of rotatable bonds is 0. The molecule has 0 unspecified atom stereocenters. The van der Waals surface area contributed by atoms with Crippen molar-refractivity contribution in [2.24, 2.45) is 4.99 Å². The summed E-state index contributed by atoms with van der Waals surface area (Å²) in [6.45, 7) is 3.86. The highest BCUT2D eigenvalue weighted by Crippen LogP contribution is 2.38. The van der Waals surface area contributed by atoms with Crippen LogP contribution >= 0.6 is 11.6 Å². The van der Waals surface area contributed by atoms with Gasteiger partial charge in [0.25, 0.3) is 0 Å². The van der Waals surface area contributed by atoms with E-state index in [1.165, 1.54) is 0 Å². The lowest BCUT2D eigenvalue weighted by Crippen LogP contribution is -2.47. The summed E-state index contributed by atoms with van der Waals surface area (Å²) in [6, 6.07) is 5.76. The molecule has 2 aromatic rings. The van der Waals surface area contributed by atoms with Crippen LogP contribution in [0.5, 0.6) is 0 Å². The number of hydrogen-bond acceptors (Lipinski definition) is 6. The smallest absolute Gasteiger partial charge is 0.162 e. The van der Waals surface area contributed by atoms with E-state index in [4.69, 9.17) is 16.6 Å². The van der Waals surface area contributed by atoms with E-state index in [0.717, 1.165) is 54.9 Å². The number of anilines is 2. The Kier molecular flexibility index (Phi) is 3.86. The van der Waals surface area contributed by atoms with E-state index >= 15 is 0 Å². The molecule has 0 saturated carbocycles. The first kappa shape index (κ1) is 15.4. The minimum atomic E-state index is 0.676. The Hall–Kier alpha value is -2.18. The Morgan fingerprint density at radius 2 is 1.75 bits per heavy atom. The van der Waals surface area contributed by atoms with Crippen molar-refractivity contribution in [1.82, 2.24) is 19.8 Å². The van der Waals surface area contributed by atoms with Gasteiger partial charge in [0.1, 0.15) is 5.69 Å². The molecule has 3 heterocycles. The average Bonchev–Trinajstić information content (AvgIpc) is 2.71. The molecule has 0 spiro atoms. The molecular formula is C17H19ClN6. The zero-order chi connectivity index (χ0) is 16.7. The Labute approximate surface area is 146 Å². The summed E-state index contributed by atoms with van der Waals surface area (Å²) in [5.41, 5.74) is 2.64. The number of likely N-dealkylation sites (N-methyl/N-ethyl adjacent to an activating group) is 1. The second-order valence-electron chi connectivity index (χ2n) is 6.15. The van der Waals surface area contributed by atoms with Gasteiger partial charge in [-0.15, -0.1) is 0 Å². The molecular weight excluding hydrogens is 324 g/mol. The molecule has 2 aliphatic rings. The molecule has 124 valence electrons. The first-order chi connectivity index (χ1) is 11.6. The molecule has 24 heavy (non-hydrogen) atoms. The minimum absolute atomic E-state index is 0.676. The molecule has 0 aliphatic carbocycles. The van der Waals surface area contributed by atoms with Gasteiger partial charge in [-0.3, -0.25) is 0 Å². The Balaban J connectivity index is 1.88. The zero-order valence-corrected chi connectivity index (χ0v) is 14.5. The van der Waals surface area contributed by atoms with Crippen molar-refractivity contribution in [2.45, 2.75) is 0 Å². The SMILES string of the molecule is CN1CCN(C2=Nc3cc(Cl)ccc3N(C)c3nccnc32)CC1. The highest BCUT2D eigenvalue weighted by atomic mass is 35.5. The van der Waals surface area contributed by atoms with Gasteiger partial charge in [0.05, 0.1) is 11.4 Å². The monoisotopic (exact) mass is 342 g/mol. The molecule has 4 rings (SSSR count). The van der Waals surface area contributed by atoms with Crippen LogP contribution in [0.25, 0.3) is 0 Å². The Morgan fingerprint density at radius 1 is 1.00 bits per heavy atom. The van der Waals surface area contributed by atoms with Gasteiger partial charge in [-0.1, -0.05) is 11.6 Å². The summed E-state index contributed by atoms with van der Waals surface area (Å²) < 4.78 is 0. The molecule has 0 amide bonds. The van der Waals surface area contributed by atoms with E-state index in [2.05, 4.69) is 26.8 Å². The van der Waals surface area contributed by atoms with E-state index in [1.54, 1.807) is 12.4 Å². The molecule has 7 heteroatoms. The van der Waals surface area contributed by atoms with Crippen molar-refractivity contribution in [3.05, 3.63) is 41.3 Å². The van der Waals surface area contributed by atoms with Crippen molar-refractivity contribution in [2.75, 3.05) is 45.2 Å². The second-order valence-corrected chi connectivity index (χ2v) is 6.58. The van der Waals surface area contributed by atoms with E-state index in [0.29, 0.717) is 5.02 Å². The third-order valence-corrected chi connectivity index (χ3v) is 4.77. The first-order valence-corrected chi connectivity index (χ1v) is 8.38. The minimum Gasteiger partial charge on any atom is -0.352 e. The lowest BCUT2D eigenvalue weighted by molar-refractivity contribution is 0.215. The van der Waals surface area contributed by atoms with Crippen molar-refractivity contribution >= 4 is 34.6 Å². The summed E-state index contributed by atoms with van der Waals surface area (Å²) in [5.74, 6) is 1.69. The molecule has 1 fully saturated rings. The number of piperazine rings is 1. The molecule has 2 aliphatic heterocycles. The lowest BCUT2D eigenvalue weighted by atomic mass is 10.2. The largest absolute Gasteiger partial charge is 0.352 e. The summed E-state index contributed by atoms with van der Waals surface area (Å²) >= 11 is 6.20. The number of hydrogen-bond donors (Lipinski definition) is 0. The van der Waals surface area contributed by atoms with Crippen molar-refractivity contribution in [3.63, 3.8) is 0 Å². The molecule has 0 radical (unpaired) electrons. The van der Waals surface area contributed by atoms with Gasteiger partial charge in [-0.25, -0.2) is 15.0 Å². The van der Waals surface area contributed by atoms with Gasteiger partial charge >= 0.3 is 0 Å². The number of fused-ring (bicyclic) bond motifs is 2. The topological polar surface area (TPSA) is 47.9 Å². The van der Waals surface area contributed by atoms with Crippen LogP contribution in [0, 0.1) is 0 Å². The summed E-state index contributed by atoms with van der Waals surface area (Å²) in [7, 11) is 4.13. The van der Waals surface area contributed by atoms with Crippen LogP contribution in [-0.2, 0) is 0 Å². The van der Waals surface area contributed by atoms with Gasteiger partial charge in [-0.2, -0.15) is 0 Å². The molecule has 0 bridgehead atoms. The fourth-order valence-electron chi connectivity index (χ4n) is 3.12. The van der Waals surface area contributed by atoms with Gasteiger partial charge in [0.15, 0.2) is 11.7 Å². The van der Waals surface area contributed by atoms with E-state index in [9.17, 15) is 0 Å². The fraction of sp³-hybridized carbons (Fsp3) is 0.353. The maximum atomic E-state index is 6.20. The van der Waals surface area contributed by atoms with Crippen molar-refractivity contribution < 1.29 is 0 Å². The van der Waals surface area contributed by atoms with Gasteiger partial charge in [0, 0.05) is 50.6 Å². The average molecular weight is 343 g/mol. The maximum absolute atomic E-state index is 6.20. The Morgan fingerprint density at radius 3 is 2.54 bits per heavy atom. The van der Waals surface area contributed by atoms with E-state index in [1.807, 2.05) is 30.1 Å². The molecule has 6 nitrogen and oxygen atoms in total. The van der Waals surface area contributed by atoms with Crippen LogP contribution < -0.4 is 4.90 Å². The summed E-state index contributed by atoms with van der Waals surface area (Å²) in [4.78, 5) is 20.7. The van der Waals surface area contributed by atoms with Crippen LogP contribution in [0.3, 0.4) is 0 Å². The van der Waals surface area contributed by atoms with Crippen LogP contribution in [-0.4, -0.2) is 65.9 Å². The number of aliphatic imine (C=N–C) groups is 1. The molecule has 1 aromatic carbocycles. The fourth-order valence-corrected chi connectivity index (χ4v) is 3.29. The number of aromatic nitrogens is 2. The molecule has 1 saturated heterocycles. The van der Waals surface area contributed by atoms with Gasteiger partial charge < -0.3 is 14.7 Å². The third kappa shape index (κ3) is 2.61. The van der Waals surface area contributed by atoms with Crippen LogP contribution in [0.4, 0.5) is 17.2 Å². The van der Waals surface area contributed by atoms with Gasteiger partial charge in [0.2, 0.25) is 0 Å². The highest BCUT2D eigenvalue weighted by Gasteiger charge is 2.28. The number of halogens is 1. The predicted molar refractivity (Wildman–Crippen MR) is 96.8 cm³/mol. The zero-order valence-electron chi connectivity index (χ0n) is 13.8. The second kappa shape index (κ2) is 6.03. The number of nitrogens with zero attached hydrogens (tertiary/aromatic N) is 6. The lowest BCUT2D eigenvalue weighted by Gasteiger charge is -2.34.